The zero-order valence-corrected chi connectivity index (χ0v) is 20.5. The van der Waals surface area contributed by atoms with Gasteiger partial charge in [-0.2, -0.15) is 0 Å². The largest absolute Gasteiger partial charge is 0.449 e. The molecule has 3 aromatic rings. The maximum absolute atomic E-state index is 14.0. The molecule has 0 bridgehead atoms. The lowest BCUT2D eigenvalue weighted by Crippen LogP contribution is -2.41. The van der Waals surface area contributed by atoms with Crippen molar-refractivity contribution in [2.45, 2.75) is 71.3 Å². The van der Waals surface area contributed by atoms with Crippen LogP contribution in [-0.4, -0.2) is 33.2 Å². The Balaban J connectivity index is 1.99. The Kier molecular flexibility index (Phi) is 8.22. The van der Waals surface area contributed by atoms with E-state index in [1.807, 2.05) is 37.3 Å². The molecule has 0 spiro atoms. The van der Waals surface area contributed by atoms with Crippen LogP contribution >= 0.6 is 0 Å². The van der Waals surface area contributed by atoms with E-state index in [0.717, 1.165) is 0 Å². The van der Waals surface area contributed by atoms with E-state index in [-0.39, 0.29) is 11.5 Å². The fourth-order valence-corrected chi connectivity index (χ4v) is 3.95. The SMILES string of the molecule is CCc1nc(C(=O)C(c2coc(CCCCC(C)=O)n2)C(C)(C)OC(N)=O)c(-c2ccccc2)o1. The zero-order chi connectivity index (χ0) is 25.6. The Morgan fingerprint density at radius 3 is 2.43 bits per heavy atom. The number of amides is 1. The number of unbranched alkanes of at least 4 members (excludes halogenated alkanes) is 1. The molecule has 0 fully saturated rings. The summed E-state index contributed by atoms with van der Waals surface area (Å²) in [7, 11) is 0. The predicted molar refractivity (Wildman–Crippen MR) is 128 cm³/mol. The van der Waals surface area contributed by atoms with Crippen LogP contribution in [-0.2, 0) is 22.4 Å². The minimum Gasteiger partial charge on any atom is -0.449 e. The number of ketones is 2. The van der Waals surface area contributed by atoms with Crippen LogP contribution in [0.5, 0.6) is 0 Å². The Bertz CT molecular complexity index is 1180. The molecular weight excluding hydrogens is 450 g/mol. The molecule has 9 heteroatoms. The summed E-state index contributed by atoms with van der Waals surface area (Å²) in [4.78, 5) is 45.8. The number of ether oxygens (including phenoxy) is 1. The highest BCUT2D eigenvalue weighted by Gasteiger charge is 2.44. The topological polar surface area (TPSA) is 139 Å². The molecule has 3 rings (SSSR count). The molecule has 0 saturated carbocycles. The number of Topliss-reactive ketones (excluding diaryl/α,β-unsaturated/α-hetero) is 2. The minimum absolute atomic E-state index is 0.116. The number of hydrogen-bond donors (Lipinski definition) is 1. The van der Waals surface area contributed by atoms with Gasteiger partial charge in [0.15, 0.2) is 29.0 Å². The fourth-order valence-electron chi connectivity index (χ4n) is 3.95. The van der Waals surface area contributed by atoms with Crippen molar-refractivity contribution in [3.05, 3.63) is 59.8 Å². The van der Waals surface area contributed by atoms with E-state index in [1.165, 1.54) is 6.26 Å². The number of carbonyl (C=O) groups is 3. The molecule has 2 heterocycles. The van der Waals surface area contributed by atoms with E-state index in [0.29, 0.717) is 60.9 Å². The second-order valence-electron chi connectivity index (χ2n) is 8.90. The number of primary amides is 1. The van der Waals surface area contributed by atoms with Crippen molar-refractivity contribution in [3.8, 4) is 11.3 Å². The first kappa shape index (κ1) is 25.9. The monoisotopic (exact) mass is 481 g/mol. The van der Waals surface area contributed by atoms with Gasteiger partial charge in [0.2, 0.25) is 0 Å². The molecule has 0 aliphatic heterocycles. The second kappa shape index (κ2) is 11.1. The van der Waals surface area contributed by atoms with Gasteiger partial charge in [0.1, 0.15) is 23.6 Å². The number of rotatable bonds is 12. The molecular formula is C26H31N3O6. The lowest BCUT2D eigenvalue weighted by atomic mass is 9.82. The van der Waals surface area contributed by atoms with Gasteiger partial charge in [-0.3, -0.25) is 4.79 Å². The van der Waals surface area contributed by atoms with Crippen LogP contribution in [0.15, 0.2) is 45.4 Å². The molecule has 0 aliphatic rings. The predicted octanol–water partition coefficient (Wildman–Crippen LogP) is 5.03. The molecule has 1 atom stereocenters. The standard InChI is InChI=1S/C26H31N3O6/c1-5-19-29-22(24(34-19)17-12-7-6-8-13-17)23(31)21(26(3,4)35-25(27)32)18-15-33-20(28-18)14-10-9-11-16(2)30/h6-8,12-13,15,21H,5,9-11,14H2,1-4H3,(H2,27,32). The van der Waals surface area contributed by atoms with Crippen LogP contribution in [0, 0.1) is 0 Å². The normalized spacial score (nSPS) is 12.3. The molecule has 0 saturated heterocycles. The van der Waals surface area contributed by atoms with Crippen LogP contribution in [0.1, 0.15) is 80.8 Å². The Morgan fingerprint density at radius 2 is 1.80 bits per heavy atom. The number of nitrogens with zero attached hydrogens (tertiary/aromatic N) is 2. The quantitative estimate of drug-likeness (QED) is 0.280. The van der Waals surface area contributed by atoms with Gasteiger partial charge in [0.05, 0.1) is 5.69 Å². The third kappa shape index (κ3) is 6.44. The third-order valence-electron chi connectivity index (χ3n) is 5.60. The fraction of sp³-hybridized carbons (Fsp3) is 0.423. The first-order chi connectivity index (χ1) is 16.6. The lowest BCUT2D eigenvalue weighted by molar-refractivity contribution is -0.117. The van der Waals surface area contributed by atoms with E-state index >= 15 is 0 Å². The molecule has 2 N–H and O–H groups in total. The van der Waals surface area contributed by atoms with Crippen molar-refractivity contribution in [3.63, 3.8) is 0 Å². The van der Waals surface area contributed by atoms with E-state index in [4.69, 9.17) is 19.3 Å². The molecule has 1 aromatic carbocycles. The van der Waals surface area contributed by atoms with Gasteiger partial charge >= 0.3 is 6.09 Å². The highest BCUT2D eigenvalue weighted by molar-refractivity contribution is 6.04. The summed E-state index contributed by atoms with van der Waals surface area (Å²) in [5, 5.41) is 0. The van der Waals surface area contributed by atoms with E-state index in [9.17, 15) is 14.4 Å². The third-order valence-corrected chi connectivity index (χ3v) is 5.60. The molecule has 0 aliphatic carbocycles. The summed E-state index contributed by atoms with van der Waals surface area (Å²) in [6.45, 7) is 6.61. The summed E-state index contributed by atoms with van der Waals surface area (Å²) in [5.74, 6) is -0.195. The number of hydrogen-bond acceptors (Lipinski definition) is 8. The second-order valence-corrected chi connectivity index (χ2v) is 8.90. The minimum atomic E-state index is -1.36. The number of aromatic nitrogens is 2. The van der Waals surface area contributed by atoms with E-state index in [2.05, 4.69) is 9.97 Å². The van der Waals surface area contributed by atoms with Gasteiger partial charge in [-0.05, 0) is 33.6 Å². The smallest absolute Gasteiger partial charge is 0.405 e. The summed E-state index contributed by atoms with van der Waals surface area (Å²) >= 11 is 0. The van der Waals surface area contributed by atoms with Crippen LogP contribution in [0.4, 0.5) is 4.79 Å². The maximum atomic E-state index is 14.0. The molecule has 0 radical (unpaired) electrons. The molecule has 186 valence electrons. The van der Waals surface area contributed by atoms with Crippen molar-refractivity contribution in [2.24, 2.45) is 5.73 Å². The lowest BCUT2D eigenvalue weighted by Gasteiger charge is -2.30. The number of oxazole rings is 2. The highest BCUT2D eigenvalue weighted by Crippen LogP contribution is 2.37. The molecule has 9 nitrogen and oxygen atoms in total. The van der Waals surface area contributed by atoms with Crippen molar-refractivity contribution >= 4 is 17.7 Å². The van der Waals surface area contributed by atoms with Gasteiger partial charge in [0, 0.05) is 24.8 Å². The van der Waals surface area contributed by atoms with Crippen LogP contribution in [0.2, 0.25) is 0 Å². The summed E-state index contributed by atoms with van der Waals surface area (Å²) < 4.78 is 16.9. The maximum Gasteiger partial charge on any atom is 0.405 e. The number of carbonyl (C=O) groups excluding carboxylic acids is 3. The van der Waals surface area contributed by atoms with Crippen LogP contribution < -0.4 is 5.73 Å². The molecule has 1 amide bonds. The highest BCUT2D eigenvalue weighted by atomic mass is 16.6. The molecule has 35 heavy (non-hydrogen) atoms. The van der Waals surface area contributed by atoms with E-state index < -0.39 is 23.4 Å². The molecule has 2 aromatic heterocycles. The van der Waals surface area contributed by atoms with Crippen molar-refractivity contribution < 1.29 is 28.0 Å². The summed E-state index contributed by atoms with van der Waals surface area (Å²) in [5.41, 5.74) is 5.06. The Hall–Kier alpha value is -3.75. The zero-order valence-electron chi connectivity index (χ0n) is 20.5. The number of benzene rings is 1. The van der Waals surface area contributed by atoms with Gasteiger partial charge < -0.3 is 24.1 Å². The van der Waals surface area contributed by atoms with Gasteiger partial charge in [-0.1, -0.05) is 37.3 Å². The van der Waals surface area contributed by atoms with Crippen molar-refractivity contribution in [2.75, 3.05) is 0 Å². The molecule has 1 unspecified atom stereocenters. The van der Waals surface area contributed by atoms with Crippen molar-refractivity contribution in [1.82, 2.24) is 9.97 Å². The average molecular weight is 482 g/mol. The van der Waals surface area contributed by atoms with Crippen LogP contribution in [0.25, 0.3) is 11.3 Å². The first-order valence-electron chi connectivity index (χ1n) is 11.6. The van der Waals surface area contributed by atoms with Crippen LogP contribution in [0.3, 0.4) is 0 Å². The number of aryl methyl sites for hydroxylation is 2. The average Bonchev–Trinajstić information content (AvgIpc) is 3.43. The summed E-state index contributed by atoms with van der Waals surface area (Å²) in [6.07, 6.45) is 3.28. The Morgan fingerprint density at radius 1 is 1.09 bits per heavy atom. The number of nitrogens with two attached hydrogens (primary N) is 1. The van der Waals surface area contributed by atoms with Gasteiger partial charge in [-0.25, -0.2) is 14.8 Å². The van der Waals surface area contributed by atoms with E-state index in [1.54, 1.807) is 20.8 Å². The van der Waals surface area contributed by atoms with Gasteiger partial charge in [0.25, 0.3) is 0 Å². The van der Waals surface area contributed by atoms with Crippen molar-refractivity contribution in [1.29, 1.82) is 0 Å². The first-order valence-corrected chi connectivity index (χ1v) is 11.6. The Labute approximate surface area is 204 Å². The summed E-state index contributed by atoms with van der Waals surface area (Å²) in [6, 6.07) is 9.19. The van der Waals surface area contributed by atoms with Gasteiger partial charge in [-0.15, -0.1) is 0 Å².